The second-order valence-electron chi connectivity index (χ2n) is 5.71. The number of unbranched alkanes of at least 4 members (excludes halogenated alkanes) is 1. The maximum absolute atomic E-state index is 12.0. The Morgan fingerprint density at radius 3 is 2.50 bits per heavy atom. The van der Waals surface area contributed by atoms with Crippen LogP contribution in [0.15, 0.2) is 0 Å². The second kappa shape index (κ2) is 6.88. The van der Waals surface area contributed by atoms with Gasteiger partial charge in [0.2, 0.25) is 5.91 Å². The fourth-order valence-electron chi connectivity index (χ4n) is 2.54. The molecule has 1 aliphatic rings. The first-order valence-corrected chi connectivity index (χ1v) is 6.99. The largest absolute Gasteiger partial charge is 0.369 e. The number of primary amides is 1. The number of ketones is 1. The van der Waals surface area contributed by atoms with Gasteiger partial charge in [-0.1, -0.05) is 20.3 Å². The summed E-state index contributed by atoms with van der Waals surface area (Å²) in [6.45, 7) is 4.55. The maximum Gasteiger partial charge on any atom is 0.220 e. The molecule has 0 aromatic heterocycles. The summed E-state index contributed by atoms with van der Waals surface area (Å²) < 4.78 is 0. The molecule has 4 atom stereocenters. The Bertz CT molecular complexity index is 304. The molecule has 4 N–H and O–H groups in total. The van der Waals surface area contributed by atoms with Crippen molar-refractivity contribution in [2.75, 3.05) is 6.54 Å². The lowest BCUT2D eigenvalue weighted by Gasteiger charge is -2.10. The number of hydrogen-bond acceptors (Lipinski definition) is 3. The smallest absolute Gasteiger partial charge is 0.220 e. The average molecular weight is 254 g/mol. The second-order valence-corrected chi connectivity index (χ2v) is 5.71. The van der Waals surface area contributed by atoms with Crippen LogP contribution in [0.5, 0.6) is 0 Å². The van der Waals surface area contributed by atoms with Crippen molar-refractivity contribution in [1.82, 2.24) is 0 Å². The van der Waals surface area contributed by atoms with E-state index in [0.717, 1.165) is 25.7 Å². The van der Waals surface area contributed by atoms with Gasteiger partial charge in [-0.05, 0) is 37.6 Å². The van der Waals surface area contributed by atoms with Crippen LogP contribution in [0.3, 0.4) is 0 Å². The van der Waals surface area contributed by atoms with E-state index in [1.165, 1.54) is 0 Å². The van der Waals surface area contributed by atoms with E-state index in [1.807, 2.05) is 13.8 Å². The average Bonchev–Trinajstić information content (AvgIpc) is 3.07. The minimum absolute atomic E-state index is 0.0876. The standard InChI is InChI=1S/C14H26N2O2/c1-9(5-3-4-6-15)13(17)8-11-7-12(11)10(2)14(16)18/h9-12H,3-8,15H2,1-2H3,(H2,16,18)/t9-,10+,11?,12?/m0/s1. The van der Waals surface area contributed by atoms with E-state index in [4.69, 9.17) is 11.5 Å². The molecule has 0 heterocycles. The van der Waals surface area contributed by atoms with Gasteiger partial charge in [-0.2, -0.15) is 0 Å². The summed E-state index contributed by atoms with van der Waals surface area (Å²) in [4.78, 5) is 23.0. The van der Waals surface area contributed by atoms with Crippen molar-refractivity contribution >= 4 is 11.7 Å². The zero-order valence-electron chi connectivity index (χ0n) is 11.5. The molecule has 1 fully saturated rings. The van der Waals surface area contributed by atoms with Crippen LogP contribution in [0.4, 0.5) is 0 Å². The Morgan fingerprint density at radius 2 is 1.94 bits per heavy atom. The highest BCUT2D eigenvalue weighted by Gasteiger charge is 2.44. The van der Waals surface area contributed by atoms with Gasteiger partial charge in [0.15, 0.2) is 0 Å². The van der Waals surface area contributed by atoms with Crippen LogP contribution in [-0.2, 0) is 9.59 Å². The number of hydrogen-bond donors (Lipinski definition) is 2. The molecule has 0 bridgehead atoms. The van der Waals surface area contributed by atoms with E-state index >= 15 is 0 Å². The molecule has 0 aromatic rings. The van der Waals surface area contributed by atoms with Crippen molar-refractivity contribution < 1.29 is 9.59 Å². The first-order valence-electron chi connectivity index (χ1n) is 6.99. The molecular formula is C14H26N2O2. The van der Waals surface area contributed by atoms with Gasteiger partial charge >= 0.3 is 0 Å². The number of rotatable bonds is 9. The predicted octanol–water partition coefficient (Wildman–Crippen LogP) is 1.47. The van der Waals surface area contributed by atoms with E-state index in [-0.39, 0.29) is 17.7 Å². The van der Waals surface area contributed by atoms with Crippen molar-refractivity contribution in [2.24, 2.45) is 35.1 Å². The van der Waals surface area contributed by atoms with Crippen LogP contribution >= 0.6 is 0 Å². The van der Waals surface area contributed by atoms with Gasteiger partial charge in [0.05, 0.1) is 0 Å². The lowest BCUT2D eigenvalue weighted by Crippen LogP contribution is -2.23. The highest BCUT2D eigenvalue weighted by atomic mass is 16.1. The van der Waals surface area contributed by atoms with Crippen molar-refractivity contribution in [3.8, 4) is 0 Å². The number of carbonyl (C=O) groups excluding carboxylic acids is 2. The summed E-state index contributed by atoms with van der Waals surface area (Å²) in [6, 6.07) is 0. The third-order valence-electron chi connectivity index (χ3n) is 4.17. The highest BCUT2D eigenvalue weighted by molar-refractivity contribution is 5.81. The topological polar surface area (TPSA) is 86.2 Å². The van der Waals surface area contributed by atoms with E-state index in [2.05, 4.69) is 0 Å². The Hall–Kier alpha value is -0.900. The number of Topliss-reactive ketones (excluding diaryl/α,β-unsaturated/α-hetero) is 1. The van der Waals surface area contributed by atoms with Gasteiger partial charge in [0.1, 0.15) is 5.78 Å². The number of amides is 1. The van der Waals surface area contributed by atoms with Gasteiger partial charge in [-0.3, -0.25) is 9.59 Å². The van der Waals surface area contributed by atoms with Gasteiger partial charge in [-0.25, -0.2) is 0 Å². The molecular weight excluding hydrogens is 228 g/mol. The first-order chi connectivity index (χ1) is 8.47. The zero-order valence-corrected chi connectivity index (χ0v) is 11.5. The van der Waals surface area contributed by atoms with Crippen molar-refractivity contribution in [3.63, 3.8) is 0 Å². The van der Waals surface area contributed by atoms with Gasteiger partial charge in [-0.15, -0.1) is 0 Å². The molecule has 4 heteroatoms. The Morgan fingerprint density at radius 1 is 1.28 bits per heavy atom. The molecule has 0 aromatic carbocycles. The molecule has 0 spiro atoms. The van der Waals surface area contributed by atoms with Crippen LogP contribution in [0, 0.1) is 23.7 Å². The van der Waals surface area contributed by atoms with Gasteiger partial charge in [0, 0.05) is 18.3 Å². The third-order valence-corrected chi connectivity index (χ3v) is 4.17. The normalized spacial score (nSPS) is 25.5. The minimum atomic E-state index is -0.244. The van der Waals surface area contributed by atoms with Crippen LogP contribution < -0.4 is 11.5 Å². The quantitative estimate of drug-likeness (QED) is 0.611. The molecule has 2 unspecified atom stereocenters. The summed E-state index contributed by atoms with van der Waals surface area (Å²) in [7, 11) is 0. The molecule has 0 saturated heterocycles. The van der Waals surface area contributed by atoms with Crippen molar-refractivity contribution in [2.45, 2.75) is 46.0 Å². The monoisotopic (exact) mass is 254 g/mol. The predicted molar refractivity (Wildman–Crippen MR) is 71.6 cm³/mol. The zero-order chi connectivity index (χ0) is 13.7. The molecule has 104 valence electrons. The van der Waals surface area contributed by atoms with E-state index < -0.39 is 0 Å². The van der Waals surface area contributed by atoms with Crippen LogP contribution in [0.2, 0.25) is 0 Å². The SMILES string of the molecule is C[C@@H](CCCCN)C(=O)CC1CC1[C@@H](C)C(N)=O. The number of carbonyl (C=O) groups is 2. The van der Waals surface area contributed by atoms with E-state index in [0.29, 0.717) is 30.6 Å². The van der Waals surface area contributed by atoms with Crippen molar-refractivity contribution in [3.05, 3.63) is 0 Å². The number of nitrogens with two attached hydrogens (primary N) is 2. The summed E-state index contributed by atoms with van der Waals surface area (Å²) in [5.41, 5.74) is 10.7. The molecule has 1 saturated carbocycles. The Balaban J connectivity index is 2.24. The molecule has 0 aliphatic heterocycles. The fourth-order valence-corrected chi connectivity index (χ4v) is 2.54. The fraction of sp³-hybridized carbons (Fsp3) is 0.857. The molecule has 1 rings (SSSR count). The first kappa shape index (κ1) is 15.2. The third kappa shape index (κ3) is 4.41. The molecule has 1 aliphatic carbocycles. The summed E-state index contributed by atoms with van der Waals surface area (Å²) >= 11 is 0. The van der Waals surface area contributed by atoms with Crippen LogP contribution in [0.1, 0.15) is 46.0 Å². The molecule has 1 amide bonds. The van der Waals surface area contributed by atoms with Gasteiger partial charge in [0.25, 0.3) is 0 Å². The molecule has 4 nitrogen and oxygen atoms in total. The Labute approximate surface area is 109 Å². The van der Waals surface area contributed by atoms with Gasteiger partial charge < -0.3 is 11.5 Å². The molecule has 18 heavy (non-hydrogen) atoms. The summed E-state index contributed by atoms with van der Waals surface area (Å²) in [6.07, 6.45) is 4.54. The lowest BCUT2D eigenvalue weighted by molar-refractivity contribution is -0.124. The van der Waals surface area contributed by atoms with E-state index in [1.54, 1.807) is 0 Å². The Kier molecular flexibility index (Phi) is 5.79. The summed E-state index contributed by atoms with van der Waals surface area (Å²) in [5, 5.41) is 0. The minimum Gasteiger partial charge on any atom is -0.369 e. The lowest BCUT2D eigenvalue weighted by atomic mass is 9.94. The van der Waals surface area contributed by atoms with Crippen molar-refractivity contribution in [1.29, 1.82) is 0 Å². The van der Waals surface area contributed by atoms with Crippen LogP contribution in [0.25, 0.3) is 0 Å². The van der Waals surface area contributed by atoms with Crippen LogP contribution in [-0.4, -0.2) is 18.2 Å². The molecule has 0 radical (unpaired) electrons. The van der Waals surface area contributed by atoms with E-state index in [9.17, 15) is 9.59 Å². The maximum atomic E-state index is 12.0. The summed E-state index contributed by atoms with van der Waals surface area (Å²) in [5.74, 6) is 0.846. The highest BCUT2D eigenvalue weighted by Crippen LogP contribution is 2.47.